The summed E-state index contributed by atoms with van der Waals surface area (Å²) in [6.07, 6.45) is 6.34. The first kappa shape index (κ1) is 14.3. The van der Waals surface area contributed by atoms with Gasteiger partial charge in [-0.25, -0.2) is 0 Å². The molecule has 4 atom stereocenters. The third-order valence-corrected chi connectivity index (χ3v) is 7.27. The Morgan fingerprint density at radius 2 is 1.91 bits per heavy atom. The largest absolute Gasteiger partial charge is 0.508 e. The quantitative estimate of drug-likeness (QED) is 0.769. The van der Waals surface area contributed by atoms with Gasteiger partial charge in [0.05, 0.1) is 0 Å². The fraction of sp³-hybridized carbons (Fsp3) is 0.650. The lowest BCUT2D eigenvalue weighted by Gasteiger charge is -2.48. The molecule has 0 bridgehead atoms. The van der Waals surface area contributed by atoms with Crippen LogP contribution in [0.25, 0.3) is 0 Å². The van der Waals surface area contributed by atoms with Crippen molar-refractivity contribution >= 4 is 5.78 Å². The topological polar surface area (TPSA) is 37.3 Å². The average Bonchev–Trinajstić information content (AvgIpc) is 2.80. The number of rotatable bonds is 0. The van der Waals surface area contributed by atoms with Crippen molar-refractivity contribution in [2.75, 3.05) is 0 Å². The van der Waals surface area contributed by atoms with Crippen molar-refractivity contribution in [1.82, 2.24) is 0 Å². The van der Waals surface area contributed by atoms with Crippen molar-refractivity contribution < 1.29 is 9.90 Å². The molecular weight excluding hydrogens is 272 g/mol. The number of carbonyl (C=O) groups is 1. The predicted molar refractivity (Wildman–Crippen MR) is 87.2 cm³/mol. The standard InChI is InChI=1S/C20H26O2/c1-11-12(2)19-13(10-17(11)21)4-5-14-15(19)8-9-20(3)16(14)6-7-18(20)22/h10,14-16,21H,4-9H2,1-3H3. The first-order valence-corrected chi connectivity index (χ1v) is 8.78. The van der Waals surface area contributed by atoms with Crippen molar-refractivity contribution in [1.29, 1.82) is 0 Å². The van der Waals surface area contributed by atoms with Crippen LogP contribution in [0.1, 0.15) is 67.2 Å². The zero-order valence-corrected chi connectivity index (χ0v) is 13.9. The Labute approximate surface area is 132 Å². The summed E-state index contributed by atoms with van der Waals surface area (Å²) in [6.45, 7) is 6.43. The molecule has 4 rings (SSSR count). The summed E-state index contributed by atoms with van der Waals surface area (Å²) in [5, 5.41) is 10.1. The molecule has 0 saturated heterocycles. The molecule has 1 N–H and O–H groups in total. The van der Waals surface area contributed by atoms with Crippen LogP contribution in [0.2, 0.25) is 0 Å². The van der Waals surface area contributed by atoms with Gasteiger partial charge < -0.3 is 5.11 Å². The highest BCUT2D eigenvalue weighted by Crippen LogP contribution is 2.60. The minimum absolute atomic E-state index is 0.0431. The second-order valence-corrected chi connectivity index (χ2v) is 8.05. The van der Waals surface area contributed by atoms with Crippen LogP contribution in [-0.4, -0.2) is 10.9 Å². The van der Waals surface area contributed by atoms with E-state index in [0.29, 0.717) is 29.3 Å². The van der Waals surface area contributed by atoms with Gasteiger partial charge in [0.25, 0.3) is 0 Å². The molecular formula is C20H26O2. The van der Waals surface area contributed by atoms with E-state index in [1.54, 1.807) is 0 Å². The maximum atomic E-state index is 12.4. The molecule has 0 aliphatic heterocycles. The Balaban J connectivity index is 1.79. The second-order valence-electron chi connectivity index (χ2n) is 8.05. The number of hydrogen-bond donors (Lipinski definition) is 1. The molecule has 0 radical (unpaired) electrons. The summed E-state index contributed by atoms with van der Waals surface area (Å²) in [7, 11) is 0. The molecule has 2 fully saturated rings. The van der Waals surface area contributed by atoms with Gasteiger partial charge >= 0.3 is 0 Å². The van der Waals surface area contributed by atoms with Crippen LogP contribution in [0.3, 0.4) is 0 Å². The number of carbonyl (C=O) groups excluding carboxylic acids is 1. The molecule has 0 spiro atoms. The zero-order valence-electron chi connectivity index (χ0n) is 13.9. The molecule has 2 saturated carbocycles. The molecule has 3 aliphatic carbocycles. The van der Waals surface area contributed by atoms with Crippen LogP contribution in [-0.2, 0) is 11.2 Å². The SMILES string of the molecule is Cc1c(O)cc2c(c1C)C1CCC3(C)C(=O)CCC3C1CC2. The van der Waals surface area contributed by atoms with E-state index in [1.165, 1.54) is 23.1 Å². The van der Waals surface area contributed by atoms with Gasteiger partial charge in [-0.15, -0.1) is 0 Å². The van der Waals surface area contributed by atoms with Crippen molar-refractivity contribution in [2.45, 2.75) is 65.2 Å². The highest BCUT2D eigenvalue weighted by molar-refractivity contribution is 5.87. The van der Waals surface area contributed by atoms with Crippen molar-refractivity contribution in [2.24, 2.45) is 17.3 Å². The van der Waals surface area contributed by atoms with E-state index < -0.39 is 0 Å². The third-order valence-electron chi connectivity index (χ3n) is 7.27. The molecule has 22 heavy (non-hydrogen) atoms. The molecule has 0 amide bonds. The Hall–Kier alpha value is -1.31. The third kappa shape index (κ3) is 1.70. The number of fused-ring (bicyclic) bond motifs is 5. The van der Waals surface area contributed by atoms with E-state index >= 15 is 0 Å². The molecule has 2 heteroatoms. The van der Waals surface area contributed by atoms with Crippen molar-refractivity contribution in [3.8, 4) is 5.75 Å². The summed E-state index contributed by atoms with van der Waals surface area (Å²) in [5.41, 5.74) is 5.15. The van der Waals surface area contributed by atoms with E-state index in [4.69, 9.17) is 0 Å². The van der Waals surface area contributed by atoms with E-state index in [2.05, 4.69) is 13.8 Å². The van der Waals surface area contributed by atoms with Crippen molar-refractivity contribution in [3.63, 3.8) is 0 Å². The molecule has 3 aliphatic rings. The molecule has 0 heterocycles. The van der Waals surface area contributed by atoms with Crippen LogP contribution in [0, 0.1) is 31.1 Å². The number of phenols is 1. The summed E-state index contributed by atoms with van der Waals surface area (Å²) in [5.74, 6) is 2.82. The summed E-state index contributed by atoms with van der Waals surface area (Å²) in [6, 6.07) is 2.00. The Bertz CT molecular complexity index is 660. The van der Waals surface area contributed by atoms with E-state index in [9.17, 15) is 9.90 Å². The maximum Gasteiger partial charge on any atom is 0.139 e. The number of ketones is 1. The number of hydrogen-bond acceptors (Lipinski definition) is 2. The summed E-state index contributed by atoms with van der Waals surface area (Å²) in [4.78, 5) is 12.4. The monoisotopic (exact) mass is 298 g/mol. The van der Waals surface area contributed by atoms with Gasteiger partial charge in [0, 0.05) is 11.8 Å². The van der Waals surface area contributed by atoms with Gasteiger partial charge in [-0.3, -0.25) is 4.79 Å². The van der Waals surface area contributed by atoms with Gasteiger partial charge in [-0.05, 0) is 92.0 Å². The predicted octanol–water partition coefficient (Wildman–Crippen LogP) is 4.43. The minimum Gasteiger partial charge on any atom is -0.508 e. The number of phenolic OH excluding ortho intramolecular Hbond substituents is 1. The van der Waals surface area contributed by atoms with Gasteiger partial charge in [0.15, 0.2) is 0 Å². The van der Waals surface area contributed by atoms with Gasteiger partial charge in [-0.2, -0.15) is 0 Å². The summed E-state index contributed by atoms with van der Waals surface area (Å²) < 4.78 is 0. The van der Waals surface area contributed by atoms with Gasteiger partial charge in [-0.1, -0.05) is 6.92 Å². The molecule has 2 nitrogen and oxygen atoms in total. The summed E-state index contributed by atoms with van der Waals surface area (Å²) >= 11 is 0. The van der Waals surface area contributed by atoms with E-state index in [0.717, 1.165) is 37.7 Å². The average molecular weight is 298 g/mol. The Morgan fingerprint density at radius 1 is 1.14 bits per heavy atom. The highest BCUT2D eigenvalue weighted by Gasteiger charge is 2.54. The number of Topliss-reactive ketones (excluding diaryl/α,β-unsaturated/α-hetero) is 1. The van der Waals surface area contributed by atoms with Crippen LogP contribution in [0.15, 0.2) is 6.07 Å². The van der Waals surface area contributed by atoms with Gasteiger partial charge in [0.1, 0.15) is 11.5 Å². The molecule has 4 unspecified atom stereocenters. The molecule has 0 aromatic heterocycles. The lowest BCUT2D eigenvalue weighted by Crippen LogP contribution is -2.42. The first-order valence-electron chi connectivity index (χ1n) is 8.78. The van der Waals surface area contributed by atoms with Crippen LogP contribution in [0.4, 0.5) is 0 Å². The van der Waals surface area contributed by atoms with Crippen LogP contribution in [0.5, 0.6) is 5.75 Å². The highest BCUT2D eigenvalue weighted by atomic mass is 16.3. The second kappa shape index (κ2) is 4.59. The number of benzene rings is 1. The zero-order chi connectivity index (χ0) is 15.6. The van der Waals surface area contributed by atoms with Gasteiger partial charge in [0.2, 0.25) is 0 Å². The van der Waals surface area contributed by atoms with E-state index in [-0.39, 0.29) is 5.41 Å². The van der Waals surface area contributed by atoms with Crippen LogP contribution >= 0.6 is 0 Å². The lowest BCUT2D eigenvalue weighted by atomic mass is 9.55. The maximum absolute atomic E-state index is 12.4. The fourth-order valence-corrected chi connectivity index (χ4v) is 5.85. The Morgan fingerprint density at radius 3 is 2.68 bits per heavy atom. The molecule has 118 valence electrons. The minimum atomic E-state index is -0.0431. The van der Waals surface area contributed by atoms with E-state index in [1.807, 2.05) is 13.0 Å². The molecule has 1 aromatic carbocycles. The lowest BCUT2D eigenvalue weighted by molar-refractivity contribution is -0.129. The fourth-order valence-electron chi connectivity index (χ4n) is 5.85. The normalized spacial score (nSPS) is 36.7. The van der Waals surface area contributed by atoms with Crippen molar-refractivity contribution in [3.05, 3.63) is 28.3 Å². The number of aromatic hydroxyl groups is 1. The first-order chi connectivity index (χ1) is 10.4. The van der Waals surface area contributed by atoms with Crippen LogP contribution < -0.4 is 0 Å². The molecule has 1 aromatic rings. The number of aryl methyl sites for hydroxylation is 1. The Kier molecular flexibility index (Phi) is 2.99. The smallest absolute Gasteiger partial charge is 0.139 e.